The van der Waals surface area contributed by atoms with Gasteiger partial charge in [0.15, 0.2) is 11.5 Å². The van der Waals surface area contributed by atoms with Crippen molar-refractivity contribution in [1.29, 1.82) is 0 Å². The summed E-state index contributed by atoms with van der Waals surface area (Å²) in [7, 11) is 3.39. The van der Waals surface area contributed by atoms with Crippen LogP contribution in [0.1, 0.15) is 25.6 Å². The van der Waals surface area contributed by atoms with Crippen LogP contribution in [-0.4, -0.2) is 69.1 Å². The van der Waals surface area contributed by atoms with E-state index in [0.717, 1.165) is 49.3 Å². The van der Waals surface area contributed by atoms with Crippen molar-refractivity contribution < 1.29 is 14.1 Å². The summed E-state index contributed by atoms with van der Waals surface area (Å²) in [4.78, 5) is 22.5. The highest BCUT2D eigenvalue weighted by atomic mass is 16.5. The first-order valence-electron chi connectivity index (χ1n) is 9.78. The van der Waals surface area contributed by atoms with Gasteiger partial charge in [-0.1, -0.05) is 5.16 Å². The second-order valence-electron chi connectivity index (χ2n) is 7.26. The lowest BCUT2D eigenvalue weighted by molar-refractivity contribution is -0.128. The summed E-state index contributed by atoms with van der Waals surface area (Å²) in [5.41, 5.74) is 2.37. The number of nitrogens with zero attached hydrogens (tertiary/aromatic N) is 6. The number of ether oxygens (including phenoxy) is 1. The number of rotatable bonds is 6. The average molecular weight is 399 g/mol. The van der Waals surface area contributed by atoms with Crippen molar-refractivity contribution >= 4 is 22.6 Å². The normalized spacial score (nSPS) is 15.0. The quantitative estimate of drug-likeness (QED) is 0.667. The smallest absolute Gasteiger partial charge is 0.261 e. The fourth-order valence-corrected chi connectivity index (χ4v) is 3.35. The maximum atomic E-state index is 12.0. The van der Waals surface area contributed by atoms with E-state index in [1.807, 2.05) is 17.8 Å². The summed E-state index contributed by atoms with van der Waals surface area (Å²) in [6.07, 6.45) is 5.45. The molecule has 0 spiro atoms. The van der Waals surface area contributed by atoms with E-state index in [0.29, 0.717) is 17.3 Å². The fourth-order valence-electron chi connectivity index (χ4n) is 3.35. The second-order valence-corrected chi connectivity index (χ2v) is 7.26. The Hall–Kier alpha value is -3.01. The predicted octanol–water partition coefficient (Wildman–Crippen LogP) is 1.72. The van der Waals surface area contributed by atoms with Gasteiger partial charge in [0.25, 0.3) is 5.89 Å². The molecule has 0 atom stereocenters. The zero-order valence-corrected chi connectivity index (χ0v) is 16.9. The number of hydrogen-bond donors (Lipinski definition) is 1. The minimum absolute atomic E-state index is 0.0860. The topological polar surface area (TPSA) is 111 Å². The third-order valence-electron chi connectivity index (χ3n) is 5.04. The SMILES string of the molecule is CCn1ncc2c(NC3CCOCC3)c(-c3nc(CC(=O)N(C)C)no3)cnc21. The molecule has 1 amide bonds. The molecule has 1 aliphatic heterocycles. The van der Waals surface area contributed by atoms with Crippen LogP contribution in [-0.2, 0) is 22.5 Å². The summed E-state index contributed by atoms with van der Waals surface area (Å²) in [6.45, 7) is 4.21. The molecule has 0 unspecified atom stereocenters. The van der Waals surface area contributed by atoms with E-state index in [2.05, 4.69) is 25.5 Å². The third-order valence-corrected chi connectivity index (χ3v) is 5.04. The van der Waals surface area contributed by atoms with E-state index in [9.17, 15) is 4.79 Å². The number of anilines is 1. The Morgan fingerprint density at radius 3 is 2.83 bits per heavy atom. The third kappa shape index (κ3) is 3.93. The van der Waals surface area contributed by atoms with Crippen LogP contribution < -0.4 is 5.32 Å². The van der Waals surface area contributed by atoms with Gasteiger partial charge in [-0.2, -0.15) is 10.1 Å². The van der Waals surface area contributed by atoms with E-state index < -0.39 is 0 Å². The van der Waals surface area contributed by atoms with E-state index in [1.165, 1.54) is 4.90 Å². The molecule has 1 saturated heterocycles. The number of hydrogen-bond acceptors (Lipinski definition) is 8. The molecule has 3 aromatic heterocycles. The minimum Gasteiger partial charge on any atom is -0.381 e. The summed E-state index contributed by atoms with van der Waals surface area (Å²) in [6, 6.07) is 0.274. The van der Waals surface area contributed by atoms with Gasteiger partial charge < -0.3 is 19.5 Å². The molecule has 10 nitrogen and oxygen atoms in total. The number of carbonyl (C=O) groups is 1. The van der Waals surface area contributed by atoms with Crippen molar-refractivity contribution in [2.75, 3.05) is 32.6 Å². The van der Waals surface area contributed by atoms with Gasteiger partial charge in [0.2, 0.25) is 5.91 Å². The Balaban J connectivity index is 1.72. The molecule has 0 radical (unpaired) electrons. The number of aryl methyl sites for hydroxylation is 1. The molecule has 29 heavy (non-hydrogen) atoms. The van der Waals surface area contributed by atoms with Gasteiger partial charge in [0.1, 0.15) is 0 Å². The largest absolute Gasteiger partial charge is 0.381 e. The highest BCUT2D eigenvalue weighted by molar-refractivity contribution is 5.96. The Morgan fingerprint density at radius 2 is 2.10 bits per heavy atom. The number of pyridine rings is 1. The zero-order chi connectivity index (χ0) is 20.4. The standard InChI is InChI=1S/C19H25N7O3/c1-4-26-18-13(11-21-26)17(22-12-5-7-28-8-6-12)14(10-20-18)19-23-15(24-29-19)9-16(27)25(2)3/h10-12H,4-9H2,1-3H3,(H,20,22). The van der Waals surface area contributed by atoms with E-state index in [4.69, 9.17) is 9.26 Å². The van der Waals surface area contributed by atoms with Crippen LogP contribution in [0.4, 0.5) is 5.69 Å². The monoisotopic (exact) mass is 399 g/mol. The molecule has 0 bridgehead atoms. The average Bonchev–Trinajstić information content (AvgIpc) is 3.35. The van der Waals surface area contributed by atoms with Crippen LogP contribution in [0, 0.1) is 0 Å². The number of amides is 1. The first-order valence-corrected chi connectivity index (χ1v) is 9.78. The summed E-state index contributed by atoms with van der Waals surface area (Å²) < 4.78 is 12.8. The van der Waals surface area contributed by atoms with Crippen LogP contribution >= 0.6 is 0 Å². The summed E-state index contributed by atoms with van der Waals surface area (Å²) in [5, 5.41) is 12.9. The number of nitrogens with one attached hydrogen (secondary N) is 1. The molecule has 1 fully saturated rings. The van der Waals surface area contributed by atoms with E-state index >= 15 is 0 Å². The number of aromatic nitrogens is 5. The minimum atomic E-state index is -0.0873. The Labute approximate surface area is 168 Å². The van der Waals surface area contributed by atoms with Crippen LogP contribution in [0.25, 0.3) is 22.5 Å². The molecule has 4 rings (SSSR count). The fraction of sp³-hybridized carbons (Fsp3) is 0.526. The van der Waals surface area contributed by atoms with Gasteiger partial charge in [-0.05, 0) is 19.8 Å². The molecular weight excluding hydrogens is 374 g/mol. The molecule has 1 N–H and O–H groups in total. The van der Waals surface area contributed by atoms with Gasteiger partial charge in [0.05, 0.1) is 29.3 Å². The van der Waals surface area contributed by atoms with Gasteiger partial charge in [0, 0.05) is 46.1 Å². The van der Waals surface area contributed by atoms with Gasteiger partial charge in [-0.3, -0.25) is 4.79 Å². The van der Waals surface area contributed by atoms with Crippen molar-refractivity contribution in [2.45, 2.75) is 38.8 Å². The summed E-state index contributed by atoms with van der Waals surface area (Å²) in [5.74, 6) is 0.593. The second kappa shape index (κ2) is 8.16. The van der Waals surface area contributed by atoms with Gasteiger partial charge >= 0.3 is 0 Å². The molecule has 3 aromatic rings. The van der Waals surface area contributed by atoms with Crippen molar-refractivity contribution in [3.8, 4) is 11.5 Å². The number of fused-ring (bicyclic) bond motifs is 1. The van der Waals surface area contributed by atoms with Crippen LogP contribution in [0.5, 0.6) is 0 Å². The lowest BCUT2D eigenvalue weighted by atomic mass is 10.1. The molecule has 4 heterocycles. The van der Waals surface area contributed by atoms with Crippen molar-refractivity contribution in [3.63, 3.8) is 0 Å². The van der Waals surface area contributed by atoms with Gasteiger partial charge in [-0.25, -0.2) is 9.67 Å². The van der Waals surface area contributed by atoms with E-state index in [1.54, 1.807) is 20.3 Å². The zero-order valence-electron chi connectivity index (χ0n) is 16.9. The van der Waals surface area contributed by atoms with E-state index in [-0.39, 0.29) is 18.4 Å². The Kier molecular flexibility index (Phi) is 5.43. The molecule has 154 valence electrons. The number of carbonyl (C=O) groups excluding carboxylic acids is 1. The molecule has 0 aromatic carbocycles. The molecule has 1 aliphatic rings. The molecular formula is C19H25N7O3. The predicted molar refractivity (Wildman–Crippen MR) is 106 cm³/mol. The maximum Gasteiger partial charge on any atom is 0.261 e. The highest BCUT2D eigenvalue weighted by Gasteiger charge is 2.23. The number of likely N-dealkylation sites (N-methyl/N-ethyl adjacent to an activating group) is 1. The lowest BCUT2D eigenvalue weighted by Gasteiger charge is -2.25. The highest BCUT2D eigenvalue weighted by Crippen LogP contribution is 2.34. The maximum absolute atomic E-state index is 12.0. The molecule has 0 saturated carbocycles. The summed E-state index contributed by atoms with van der Waals surface area (Å²) >= 11 is 0. The molecule has 10 heteroatoms. The van der Waals surface area contributed by atoms with Crippen LogP contribution in [0.2, 0.25) is 0 Å². The first-order chi connectivity index (χ1) is 14.1. The van der Waals surface area contributed by atoms with Crippen molar-refractivity contribution in [3.05, 3.63) is 18.2 Å². The van der Waals surface area contributed by atoms with Crippen LogP contribution in [0.3, 0.4) is 0 Å². The lowest BCUT2D eigenvalue weighted by Crippen LogP contribution is -2.28. The Bertz CT molecular complexity index is 1000. The van der Waals surface area contributed by atoms with Crippen molar-refractivity contribution in [1.82, 2.24) is 29.8 Å². The Morgan fingerprint density at radius 1 is 1.31 bits per heavy atom. The molecule has 0 aliphatic carbocycles. The van der Waals surface area contributed by atoms with Gasteiger partial charge in [-0.15, -0.1) is 0 Å². The van der Waals surface area contributed by atoms with Crippen molar-refractivity contribution in [2.24, 2.45) is 0 Å². The first kappa shape index (κ1) is 19.3. The van der Waals surface area contributed by atoms with Crippen LogP contribution in [0.15, 0.2) is 16.9 Å².